The zero-order valence-corrected chi connectivity index (χ0v) is 13.0. The monoisotopic (exact) mass is 297 g/mol. The number of nitrogens with zero attached hydrogens (tertiary/aromatic N) is 3. The van der Waals surface area contributed by atoms with E-state index in [0.29, 0.717) is 6.10 Å². The van der Waals surface area contributed by atoms with E-state index in [4.69, 9.17) is 4.74 Å². The fraction of sp³-hybridized carbons (Fsp3) is 0.667. The van der Waals surface area contributed by atoms with Crippen molar-refractivity contribution in [3.8, 4) is 0 Å². The van der Waals surface area contributed by atoms with Crippen LogP contribution in [0, 0.1) is 5.41 Å². The fourth-order valence-electron chi connectivity index (χ4n) is 4.07. The topological polar surface area (TPSA) is 39.4 Å². The molecule has 0 bridgehead atoms. The lowest BCUT2D eigenvalue weighted by atomic mass is 9.85. The number of hydrogen-bond acceptors (Lipinski definition) is 3. The number of fused-ring (bicyclic) bond motifs is 1. The summed E-state index contributed by atoms with van der Waals surface area (Å²) in [6, 6.07) is 2.17. The van der Waals surface area contributed by atoms with Crippen LogP contribution in [0.15, 0.2) is 18.6 Å². The van der Waals surface area contributed by atoms with Gasteiger partial charge in [0.05, 0.1) is 12.7 Å². The van der Waals surface area contributed by atoms with Crippen molar-refractivity contribution < 1.29 is 4.74 Å². The van der Waals surface area contributed by atoms with Gasteiger partial charge < -0.3 is 4.74 Å². The lowest BCUT2D eigenvalue weighted by Crippen LogP contribution is -2.22. The summed E-state index contributed by atoms with van der Waals surface area (Å²) in [5.74, 6) is 0.728. The van der Waals surface area contributed by atoms with Gasteiger partial charge >= 0.3 is 0 Å². The Morgan fingerprint density at radius 3 is 2.68 bits per heavy atom. The highest BCUT2D eigenvalue weighted by atomic mass is 16.5. The van der Waals surface area contributed by atoms with E-state index in [1.54, 1.807) is 6.33 Å². The van der Waals surface area contributed by atoms with E-state index in [1.165, 1.54) is 62.5 Å². The molecule has 0 unspecified atom stereocenters. The third kappa shape index (κ3) is 2.34. The molecule has 3 aliphatic rings. The van der Waals surface area contributed by atoms with Crippen molar-refractivity contribution in [3.63, 3.8) is 0 Å². The van der Waals surface area contributed by atoms with Crippen LogP contribution in [0.3, 0.4) is 0 Å². The molecule has 3 saturated carbocycles. The summed E-state index contributed by atoms with van der Waals surface area (Å²) >= 11 is 0. The lowest BCUT2D eigenvalue weighted by Gasteiger charge is -2.28. The van der Waals surface area contributed by atoms with Gasteiger partial charge in [-0.1, -0.05) is 0 Å². The first-order chi connectivity index (χ1) is 10.8. The van der Waals surface area contributed by atoms with Crippen LogP contribution < -0.4 is 0 Å². The zero-order valence-electron chi connectivity index (χ0n) is 13.0. The Morgan fingerprint density at radius 1 is 1.14 bits per heavy atom. The molecule has 0 radical (unpaired) electrons. The SMILES string of the molecule is c1c(COC2CCC3(CC2)CC3)c(C2CC2)cn2cnnc12. The van der Waals surface area contributed by atoms with Gasteiger partial charge in [0.1, 0.15) is 6.33 Å². The third-order valence-corrected chi connectivity index (χ3v) is 6.00. The number of ether oxygens (including phenoxy) is 1. The van der Waals surface area contributed by atoms with Crippen LogP contribution in [-0.2, 0) is 11.3 Å². The average Bonchev–Trinajstić information content (AvgIpc) is 3.46. The second-order valence-corrected chi connectivity index (χ2v) is 7.64. The second-order valence-electron chi connectivity index (χ2n) is 7.64. The smallest absolute Gasteiger partial charge is 0.160 e. The Hall–Kier alpha value is -1.42. The summed E-state index contributed by atoms with van der Waals surface area (Å²) in [5.41, 5.74) is 4.46. The predicted octanol–water partition coefficient (Wildman–Crippen LogP) is 3.85. The molecule has 0 aromatic carbocycles. The Balaban J connectivity index is 1.31. The molecule has 5 rings (SSSR count). The largest absolute Gasteiger partial charge is 0.374 e. The van der Waals surface area contributed by atoms with Crippen molar-refractivity contribution >= 4 is 5.65 Å². The molecule has 4 heteroatoms. The molecule has 0 aliphatic heterocycles. The first-order valence-electron chi connectivity index (χ1n) is 8.75. The molecule has 0 atom stereocenters. The van der Waals surface area contributed by atoms with Crippen LogP contribution in [0.5, 0.6) is 0 Å². The van der Waals surface area contributed by atoms with Crippen LogP contribution >= 0.6 is 0 Å². The molecule has 3 aliphatic carbocycles. The molecule has 116 valence electrons. The number of aromatic nitrogens is 3. The Labute approximate surface area is 130 Å². The Bertz CT molecular complexity index is 689. The summed E-state index contributed by atoms with van der Waals surface area (Å²) in [6.07, 6.45) is 15.3. The summed E-state index contributed by atoms with van der Waals surface area (Å²) in [6.45, 7) is 0.743. The van der Waals surface area contributed by atoms with Crippen LogP contribution in [0.2, 0.25) is 0 Å². The Morgan fingerprint density at radius 2 is 1.95 bits per heavy atom. The molecule has 22 heavy (non-hydrogen) atoms. The maximum Gasteiger partial charge on any atom is 0.160 e. The molecule has 2 aromatic heterocycles. The predicted molar refractivity (Wildman–Crippen MR) is 83.7 cm³/mol. The minimum atomic E-state index is 0.465. The van der Waals surface area contributed by atoms with Crippen LogP contribution in [-0.4, -0.2) is 20.7 Å². The van der Waals surface area contributed by atoms with E-state index < -0.39 is 0 Å². The summed E-state index contributed by atoms with van der Waals surface area (Å²) in [5, 5.41) is 8.19. The van der Waals surface area contributed by atoms with E-state index in [1.807, 2.05) is 4.40 Å². The molecule has 2 heterocycles. The molecule has 0 N–H and O–H groups in total. The normalized spacial score (nSPS) is 24.2. The highest BCUT2D eigenvalue weighted by molar-refractivity contribution is 5.45. The van der Waals surface area contributed by atoms with Crippen molar-refractivity contribution in [3.05, 3.63) is 29.7 Å². The van der Waals surface area contributed by atoms with Crippen LogP contribution in [0.4, 0.5) is 0 Å². The zero-order chi connectivity index (χ0) is 14.6. The van der Waals surface area contributed by atoms with Gasteiger partial charge in [-0.15, -0.1) is 10.2 Å². The van der Waals surface area contributed by atoms with Gasteiger partial charge in [-0.25, -0.2) is 0 Å². The van der Waals surface area contributed by atoms with Gasteiger partial charge in [0.15, 0.2) is 5.65 Å². The van der Waals surface area contributed by atoms with Gasteiger partial charge in [-0.2, -0.15) is 0 Å². The molecule has 1 spiro atoms. The fourth-order valence-corrected chi connectivity index (χ4v) is 4.07. The van der Waals surface area contributed by atoms with Crippen LogP contribution in [0.1, 0.15) is 68.4 Å². The molecular weight excluding hydrogens is 274 g/mol. The molecule has 0 amide bonds. The van der Waals surface area contributed by atoms with Gasteiger partial charge in [0, 0.05) is 6.20 Å². The minimum absolute atomic E-state index is 0.465. The standard InChI is InChI=1S/C18H23N3O/c1-2-13(1)16-10-21-12-19-20-17(21)9-14(16)11-22-15-3-5-18(6-4-15)7-8-18/h9-10,12-13,15H,1-8,11H2. The first-order valence-corrected chi connectivity index (χ1v) is 8.75. The molecule has 4 nitrogen and oxygen atoms in total. The van der Waals surface area contributed by atoms with Crippen molar-refractivity contribution in [2.75, 3.05) is 0 Å². The van der Waals surface area contributed by atoms with Gasteiger partial charge in [-0.05, 0) is 79.9 Å². The van der Waals surface area contributed by atoms with E-state index in [2.05, 4.69) is 22.5 Å². The second kappa shape index (κ2) is 4.79. The van der Waals surface area contributed by atoms with Gasteiger partial charge in [-0.3, -0.25) is 4.40 Å². The van der Waals surface area contributed by atoms with Crippen molar-refractivity contribution in [2.45, 2.75) is 70.0 Å². The average molecular weight is 297 g/mol. The summed E-state index contributed by atoms with van der Waals surface area (Å²) < 4.78 is 8.31. The maximum atomic E-state index is 6.28. The molecular formula is C18H23N3O. The molecule has 3 fully saturated rings. The minimum Gasteiger partial charge on any atom is -0.374 e. The van der Waals surface area contributed by atoms with E-state index in [0.717, 1.165) is 23.6 Å². The molecule has 0 saturated heterocycles. The van der Waals surface area contributed by atoms with E-state index >= 15 is 0 Å². The van der Waals surface area contributed by atoms with Crippen molar-refractivity contribution in [1.82, 2.24) is 14.6 Å². The Kier molecular flexibility index (Phi) is 2.84. The highest BCUT2D eigenvalue weighted by Gasteiger charge is 2.44. The molecule has 2 aromatic rings. The van der Waals surface area contributed by atoms with Crippen molar-refractivity contribution in [1.29, 1.82) is 0 Å². The maximum absolute atomic E-state index is 6.28. The van der Waals surface area contributed by atoms with Gasteiger partial charge in [0.2, 0.25) is 0 Å². The van der Waals surface area contributed by atoms with Gasteiger partial charge in [0.25, 0.3) is 0 Å². The number of rotatable bonds is 4. The van der Waals surface area contributed by atoms with Crippen LogP contribution in [0.25, 0.3) is 5.65 Å². The first kappa shape index (κ1) is 13.1. The number of hydrogen-bond donors (Lipinski definition) is 0. The summed E-state index contributed by atoms with van der Waals surface area (Å²) in [4.78, 5) is 0. The number of pyridine rings is 1. The lowest BCUT2D eigenvalue weighted by molar-refractivity contribution is 0.00366. The summed E-state index contributed by atoms with van der Waals surface area (Å²) in [7, 11) is 0. The highest BCUT2D eigenvalue weighted by Crippen LogP contribution is 2.56. The third-order valence-electron chi connectivity index (χ3n) is 6.00. The van der Waals surface area contributed by atoms with E-state index in [-0.39, 0.29) is 0 Å². The quantitative estimate of drug-likeness (QED) is 0.860. The van der Waals surface area contributed by atoms with E-state index in [9.17, 15) is 0 Å². The van der Waals surface area contributed by atoms with Crippen molar-refractivity contribution in [2.24, 2.45) is 5.41 Å².